The number of anilines is 1. The zero-order valence-electron chi connectivity index (χ0n) is 15.6. The van der Waals surface area contributed by atoms with Crippen LogP contribution in [0.4, 0.5) is 5.82 Å². The maximum absolute atomic E-state index is 12.0. The molecule has 26 heavy (non-hydrogen) atoms. The summed E-state index contributed by atoms with van der Waals surface area (Å²) in [7, 11) is 3.19. The number of pyridine rings is 1. The molecule has 1 aromatic rings. The van der Waals surface area contributed by atoms with Crippen molar-refractivity contribution in [3.63, 3.8) is 0 Å². The summed E-state index contributed by atoms with van der Waals surface area (Å²) in [5.41, 5.74) is 5.50. The molecule has 8 nitrogen and oxygen atoms in total. The normalized spacial score (nSPS) is 11.5. The molecule has 0 unspecified atom stereocenters. The van der Waals surface area contributed by atoms with Crippen molar-refractivity contribution in [1.29, 1.82) is 0 Å². The van der Waals surface area contributed by atoms with Gasteiger partial charge in [-0.15, -0.1) is 0 Å². The second-order valence-corrected chi connectivity index (χ2v) is 7.66. The van der Waals surface area contributed by atoms with Crippen molar-refractivity contribution in [2.24, 2.45) is 10.2 Å². The van der Waals surface area contributed by atoms with Crippen LogP contribution in [0.15, 0.2) is 28.5 Å². The molecule has 0 fully saturated rings. The van der Waals surface area contributed by atoms with E-state index in [0.717, 1.165) is 25.3 Å². The largest absolute Gasteiger partial charge is 0.351 e. The van der Waals surface area contributed by atoms with Gasteiger partial charge in [0.25, 0.3) is 5.91 Å². The summed E-state index contributed by atoms with van der Waals surface area (Å²) in [6, 6.07) is 3.25. The van der Waals surface area contributed by atoms with Gasteiger partial charge >= 0.3 is 0 Å². The number of nitrogens with zero attached hydrogens (tertiary/aromatic N) is 3. The van der Waals surface area contributed by atoms with Gasteiger partial charge in [-0.1, -0.05) is 34.9 Å². The first-order chi connectivity index (χ1) is 13.2. The molecule has 0 aliphatic heterocycles. The van der Waals surface area contributed by atoms with Gasteiger partial charge in [-0.3, -0.25) is 15.0 Å². The van der Waals surface area contributed by atoms with Crippen LogP contribution in [0.5, 0.6) is 0 Å². The van der Waals surface area contributed by atoms with Crippen LogP contribution in [0.2, 0.25) is 0 Å². The third-order valence-electron chi connectivity index (χ3n) is 2.87. The van der Waals surface area contributed by atoms with E-state index in [1.54, 1.807) is 39.9 Å². The summed E-state index contributed by atoms with van der Waals surface area (Å²) in [6.45, 7) is 3.44. The van der Waals surface area contributed by atoms with Crippen LogP contribution >= 0.6 is 21.6 Å². The Labute approximate surface area is 162 Å². The van der Waals surface area contributed by atoms with Crippen LogP contribution in [0, 0.1) is 0 Å². The summed E-state index contributed by atoms with van der Waals surface area (Å²) >= 11 is 0. The van der Waals surface area contributed by atoms with Gasteiger partial charge in [-0.2, -0.15) is 10.2 Å². The van der Waals surface area contributed by atoms with E-state index >= 15 is 0 Å². The summed E-state index contributed by atoms with van der Waals surface area (Å²) in [4.78, 5) is 27.5. The van der Waals surface area contributed by atoms with Crippen LogP contribution < -0.4 is 16.2 Å². The summed E-state index contributed by atoms with van der Waals surface area (Å²) in [6.07, 6.45) is 5.41. The highest BCUT2D eigenvalue weighted by molar-refractivity contribution is 8.76. The molecule has 0 saturated carbocycles. The first-order valence-electron chi connectivity index (χ1n) is 8.70. The summed E-state index contributed by atoms with van der Waals surface area (Å²) in [5.74, 6) is 1.59. The highest BCUT2D eigenvalue weighted by atomic mass is 33.1. The lowest BCUT2D eigenvalue weighted by Crippen LogP contribution is -2.25. The fourth-order valence-electron chi connectivity index (χ4n) is 1.59. The standard InChI is InChI=1S/C16H24N6O2S2/c1-3-4-8-20-22-15(23)7-10-25-26-11-9-18-16(24)13-5-6-14(19-12-13)21-17-2/h5-6,8,12H,2-4,7,9-11H2,1H3,(H,18,24)(H,19,21)(H,22,23)/b20-8+/i2T/b17-2?,20-8+. The molecule has 0 bridgehead atoms. The highest BCUT2D eigenvalue weighted by Crippen LogP contribution is 2.21. The third-order valence-corrected chi connectivity index (χ3v) is 5.28. The van der Waals surface area contributed by atoms with E-state index in [9.17, 15) is 9.59 Å². The number of hydrogen-bond donors (Lipinski definition) is 3. The van der Waals surface area contributed by atoms with E-state index in [1.165, 1.54) is 6.20 Å². The average Bonchev–Trinajstić information content (AvgIpc) is 2.69. The smallest absolute Gasteiger partial charge is 0.252 e. The van der Waals surface area contributed by atoms with Gasteiger partial charge in [0.2, 0.25) is 5.91 Å². The predicted octanol–water partition coefficient (Wildman–Crippen LogP) is 2.51. The van der Waals surface area contributed by atoms with Crippen LogP contribution in [0.1, 0.15) is 37.9 Å². The van der Waals surface area contributed by atoms with Gasteiger partial charge in [0, 0.05) is 43.6 Å². The van der Waals surface area contributed by atoms with E-state index in [2.05, 4.69) is 31.4 Å². The molecule has 10 heteroatoms. The summed E-state index contributed by atoms with van der Waals surface area (Å²) < 4.78 is 6.79. The number of nitrogens with one attached hydrogen (secondary N) is 3. The Kier molecular flexibility index (Phi) is 11.0. The zero-order chi connectivity index (χ0) is 19.7. The molecule has 1 rings (SSSR count). The van der Waals surface area contributed by atoms with Crippen molar-refractivity contribution in [3.8, 4) is 0 Å². The Balaban J connectivity index is 2.09. The number of rotatable bonds is 13. The van der Waals surface area contributed by atoms with Gasteiger partial charge < -0.3 is 5.32 Å². The Bertz CT molecular complexity index is 628. The van der Waals surface area contributed by atoms with Crippen LogP contribution in [-0.4, -0.2) is 47.8 Å². The lowest BCUT2D eigenvalue weighted by molar-refractivity contribution is -0.120. The molecule has 0 saturated heterocycles. The quantitative estimate of drug-likeness (QED) is 0.204. The lowest BCUT2D eigenvalue weighted by Gasteiger charge is -2.05. The highest BCUT2D eigenvalue weighted by Gasteiger charge is 2.05. The maximum Gasteiger partial charge on any atom is 0.252 e. The fraction of sp³-hybridized carbons (Fsp3) is 0.438. The monoisotopic (exact) mass is 398 g/mol. The lowest BCUT2D eigenvalue weighted by atomic mass is 10.2. The number of hydrogen-bond acceptors (Lipinski definition) is 8. The third kappa shape index (κ3) is 10.0. The molecule has 0 atom stereocenters. The van der Waals surface area contributed by atoms with Crippen molar-refractivity contribution < 1.29 is 11.0 Å². The molecular weight excluding hydrogens is 372 g/mol. The van der Waals surface area contributed by atoms with Crippen molar-refractivity contribution >= 4 is 52.1 Å². The molecule has 3 N–H and O–H groups in total. The van der Waals surface area contributed by atoms with E-state index in [0.29, 0.717) is 30.1 Å². The van der Waals surface area contributed by atoms with Gasteiger partial charge in [0.05, 0.1) is 6.93 Å². The molecule has 0 aliphatic rings. The Morgan fingerprint density at radius 3 is 2.96 bits per heavy atom. The van der Waals surface area contributed by atoms with Gasteiger partial charge in [0.15, 0.2) is 0 Å². The first kappa shape index (κ1) is 20.2. The van der Waals surface area contributed by atoms with Crippen LogP contribution in [0.25, 0.3) is 0 Å². The Hall–Kier alpha value is -2.07. The van der Waals surface area contributed by atoms with Crippen molar-refractivity contribution in [2.45, 2.75) is 26.2 Å². The van der Waals surface area contributed by atoms with E-state index < -0.39 is 0 Å². The minimum absolute atomic E-state index is 0.0948. The van der Waals surface area contributed by atoms with Crippen molar-refractivity contribution in [3.05, 3.63) is 23.9 Å². The van der Waals surface area contributed by atoms with Crippen molar-refractivity contribution in [2.75, 3.05) is 23.5 Å². The average molecular weight is 399 g/mol. The van der Waals surface area contributed by atoms with Crippen molar-refractivity contribution in [1.82, 2.24) is 15.7 Å². The first-order valence-corrected chi connectivity index (χ1v) is 10.6. The maximum atomic E-state index is 12.0. The molecule has 0 aliphatic carbocycles. The van der Waals surface area contributed by atoms with E-state index in [4.69, 9.17) is 1.37 Å². The number of carbonyl (C=O) groups is 2. The Morgan fingerprint density at radius 2 is 2.23 bits per heavy atom. The number of unbranched alkanes of at least 4 members (excludes halogenated alkanes) is 1. The number of carbonyl (C=O) groups excluding carboxylic acids is 2. The molecule has 0 radical (unpaired) electrons. The van der Waals surface area contributed by atoms with Gasteiger partial charge in [0.1, 0.15) is 5.82 Å². The predicted molar refractivity (Wildman–Crippen MR) is 111 cm³/mol. The number of amides is 2. The molecule has 142 valence electrons. The number of aromatic nitrogens is 1. The number of hydrazone groups is 2. The SMILES string of the molecule is [3H]C=NNc1ccc(C(=O)NCCSSCCC(=O)N/N=C/CCC)cn1. The zero-order valence-corrected chi connectivity index (χ0v) is 16.2. The molecule has 1 heterocycles. The van der Waals surface area contributed by atoms with E-state index in [-0.39, 0.29) is 11.8 Å². The molecule has 0 spiro atoms. The second-order valence-electron chi connectivity index (χ2n) is 4.96. The second kappa shape index (κ2) is 14.1. The Morgan fingerprint density at radius 1 is 1.38 bits per heavy atom. The van der Waals surface area contributed by atoms with Crippen LogP contribution in [0.3, 0.4) is 0 Å². The molecule has 0 aromatic carbocycles. The fourth-order valence-corrected chi connectivity index (χ4v) is 3.49. The minimum atomic E-state index is -0.201. The van der Waals surface area contributed by atoms with E-state index in [1.807, 2.05) is 6.92 Å². The van der Waals surface area contributed by atoms with Gasteiger partial charge in [-0.05, 0) is 18.6 Å². The van der Waals surface area contributed by atoms with Crippen LogP contribution in [-0.2, 0) is 4.79 Å². The molecule has 2 amide bonds. The molecular formula is C16H24N6O2S2. The topological polar surface area (TPSA) is 108 Å². The minimum Gasteiger partial charge on any atom is -0.351 e. The molecule has 1 aromatic heterocycles. The summed E-state index contributed by atoms with van der Waals surface area (Å²) in [5, 5.41) is 10.2. The van der Waals surface area contributed by atoms with Gasteiger partial charge in [-0.25, -0.2) is 10.4 Å².